The maximum atomic E-state index is 13.1. The Kier molecular flexibility index (Phi) is 7.87. The molecule has 0 aliphatic heterocycles. The van der Waals surface area contributed by atoms with E-state index in [9.17, 15) is 4.57 Å². The highest BCUT2D eigenvalue weighted by Crippen LogP contribution is 2.62. The summed E-state index contributed by atoms with van der Waals surface area (Å²) in [5.74, 6) is 0. The Labute approximate surface area is 128 Å². The molecule has 1 aromatic carbocycles. The van der Waals surface area contributed by atoms with Gasteiger partial charge in [0.05, 0.1) is 18.9 Å². The first-order valence-corrected chi connectivity index (χ1v) is 9.10. The summed E-state index contributed by atoms with van der Waals surface area (Å²) in [4.78, 5) is 4.37. The smallest absolute Gasteiger partial charge is 0.308 e. The summed E-state index contributed by atoms with van der Waals surface area (Å²) in [5, 5.41) is 0. The summed E-state index contributed by atoms with van der Waals surface area (Å²) in [7, 11) is -3.20. The monoisotopic (exact) mass is 311 g/mol. The van der Waals surface area contributed by atoms with Crippen molar-refractivity contribution >= 4 is 13.8 Å². The van der Waals surface area contributed by atoms with Gasteiger partial charge >= 0.3 is 7.60 Å². The standard InChI is InChI=1S/C16H26NO3P/c1-5-19-21(18,20-6-2)16(12-13-17-14(3)4)15-10-8-7-9-11-15/h7-11,13-14,16H,5-6,12H2,1-4H3. The van der Waals surface area contributed by atoms with Crippen molar-refractivity contribution in [1.82, 2.24) is 0 Å². The topological polar surface area (TPSA) is 47.9 Å². The summed E-state index contributed by atoms with van der Waals surface area (Å²) in [6.07, 6.45) is 2.37. The van der Waals surface area contributed by atoms with E-state index in [0.717, 1.165) is 5.56 Å². The molecule has 0 bridgehead atoms. The van der Waals surface area contributed by atoms with Crippen molar-refractivity contribution in [2.45, 2.75) is 45.8 Å². The molecule has 0 aliphatic carbocycles. The summed E-state index contributed by atoms with van der Waals surface area (Å²) in [5.41, 5.74) is 0.638. The van der Waals surface area contributed by atoms with Crippen LogP contribution in [0.25, 0.3) is 0 Å². The van der Waals surface area contributed by atoms with Crippen molar-refractivity contribution in [3.05, 3.63) is 35.9 Å². The number of hydrogen-bond donors (Lipinski definition) is 0. The Balaban J connectivity index is 3.07. The number of aliphatic imine (C=N–C) groups is 1. The zero-order chi connectivity index (χ0) is 15.7. The molecule has 0 fully saturated rings. The SMILES string of the molecule is CCOP(=O)(OCC)C(CC=NC(C)C)c1ccccc1. The van der Waals surface area contributed by atoms with Gasteiger partial charge in [0, 0.05) is 18.7 Å². The lowest BCUT2D eigenvalue weighted by atomic mass is 10.1. The number of nitrogens with zero attached hydrogens (tertiary/aromatic N) is 1. The first-order valence-electron chi connectivity index (χ1n) is 7.48. The van der Waals surface area contributed by atoms with Gasteiger partial charge in [-0.1, -0.05) is 30.3 Å². The van der Waals surface area contributed by atoms with Gasteiger partial charge in [0.2, 0.25) is 0 Å². The van der Waals surface area contributed by atoms with Crippen molar-refractivity contribution in [2.75, 3.05) is 13.2 Å². The Bertz CT molecular complexity index is 464. The number of hydrogen-bond acceptors (Lipinski definition) is 4. The molecule has 0 N–H and O–H groups in total. The molecule has 0 saturated carbocycles. The number of benzene rings is 1. The van der Waals surface area contributed by atoms with Gasteiger partial charge < -0.3 is 9.05 Å². The van der Waals surface area contributed by atoms with Crippen LogP contribution in [-0.2, 0) is 13.6 Å². The van der Waals surface area contributed by atoms with Gasteiger partial charge in [0.15, 0.2) is 0 Å². The Morgan fingerprint density at radius 2 is 1.71 bits per heavy atom. The largest absolute Gasteiger partial charge is 0.338 e. The van der Waals surface area contributed by atoms with Crippen molar-refractivity contribution in [1.29, 1.82) is 0 Å². The molecule has 0 radical (unpaired) electrons. The zero-order valence-electron chi connectivity index (χ0n) is 13.4. The summed E-state index contributed by atoms with van der Waals surface area (Å²) < 4.78 is 24.1. The Morgan fingerprint density at radius 1 is 1.14 bits per heavy atom. The van der Waals surface area contributed by atoms with Crippen LogP contribution in [-0.4, -0.2) is 25.5 Å². The molecular formula is C16H26NO3P. The van der Waals surface area contributed by atoms with Gasteiger partial charge in [-0.15, -0.1) is 0 Å². The molecule has 0 aliphatic rings. The second-order valence-corrected chi connectivity index (χ2v) is 7.18. The third-order valence-electron chi connectivity index (χ3n) is 2.92. The van der Waals surface area contributed by atoms with E-state index in [4.69, 9.17) is 9.05 Å². The molecular weight excluding hydrogens is 285 g/mol. The molecule has 1 atom stereocenters. The third-order valence-corrected chi connectivity index (χ3v) is 5.42. The molecule has 5 heteroatoms. The summed E-state index contributed by atoms with van der Waals surface area (Å²) in [6, 6.07) is 9.94. The van der Waals surface area contributed by atoms with E-state index in [-0.39, 0.29) is 11.7 Å². The lowest BCUT2D eigenvalue weighted by Gasteiger charge is -2.25. The van der Waals surface area contributed by atoms with Crippen LogP contribution in [0.1, 0.15) is 45.3 Å². The van der Waals surface area contributed by atoms with Crippen LogP contribution in [0.2, 0.25) is 0 Å². The predicted octanol–water partition coefficient (Wildman–Crippen LogP) is 4.86. The minimum absolute atomic E-state index is 0.222. The van der Waals surface area contributed by atoms with E-state index in [0.29, 0.717) is 19.6 Å². The van der Waals surface area contributed by atoms with Gasteiger partial charge in [0.25, 0.3) is 0 Å². The van der Waals surface area contributed by atoms with Crippen LogP contribution in [0.4, 0.5) is 0 Å². The quantitative estimate of drug-likeness (QED) is 0.483. The highest BCUT2D eigenvalue weighted by atomic mass is 31.2. The third kappa shape index (κ3) is 5.74. The van der Waals surface area contributed by atoms with Crippen LogP contribution < -0.4 is 0 Å². The fourth-order valence-corrected chi connectivity index (χ4v) is 4.12. The van der Waals surface area contributed by atoms with Crippen LogP contribution in [0.15, 0.2) is 35.3 Å². The average molecular weight is 311 g/mol. The van der Waals surface area contributed by atoms with Crippen LogP contribution >= 0.6 is 7.60 Å². The first kappa shape index (κ1) is 18.1. The maximum Gasteiger partial charge on any atom is 0.338 e. The minimum atomic E-state index is -3.20. The molecule has 0 amide bonds. The second-order valence-electron chi connectivity index (χ2n) is 4.96. The zero-order valence-corrected chi connectivity index (χ0v) is 14.3. The fourth-order valence-electron chi connectivity index (χ4n) is 2.07. The molecule has 0 spiro atoms. The Hall–Kier alpha value is -0.960. The molecule has 1 rings (SSSR count). The van der Waals surface area contributed by atoms with E-state index in [1.807, 2.05) is 64.2 Å². The molecule has 1 unspecified atom stereocenters. The molecule has 0 aromatic heterocycles. The van der Waals surface area contributed by atoms with Crippen LogP contribution in [0.3, 0.4) is 0 Å². The predicted molar refractivity (Wildman–Crippen MR) is 88.3 cm³/mol. The van der Waals surface area contributed by atoms with Crippen molar-refractivity contribution < 1.29 is 13.6 Å². The van der Waals surface area contributed by atoms with Gasteiger partial charge in [-0.3, -0.25) is 9.56 Å². The highest BCUT2D eigenvalue weighted by molar-refractivity contribution is 7.54. The van der Waals surface area contributed by atoms with Crippen molar-refractivity contribution in [3.8, 4) is 0 Å². The van der Waals surface area contributed by atoms with E-state index in [1.54, 1.807) is 0 Å². The van der Waals surface area contributed by atoms with Gasteiger partial charge in [-0.2, -0.15) is 0 Å². The van der Waals surface area contributed by atoms with Crippen LogP contribution in [0.5, 0.6) is 0 Å². The lowest BCUT2D eigenvalue weighted by molar-refractivity contribution is 0.212. The van der Waals surface area contributed by atoms with Gasteiger partial charge in [0.1, 0.15) is 0 Å². The molecule has 4 nitrogen and oxygen atoms in total. The molecule has 1 aromatic rings. The Morgan fingerprint density at radius 3 is 2.19 bits per heavy atom. The minimum Gasteiger partial charge on any atom is -0.308 e. The fraction of sp³-hybridized carbons (Fsp3) is 0.562. The molecule has 21 heavy (non-hydrogen) atoms. The highest BCUT2D eigenvalue weighted by Gasteiger charge is 2.36. The van der Waals surface area contributed by atoms with Crippen LogP contribution in [0, 0.1) is 0 Å². The van der Waals surface area contributed by atoms with E-state index >= 15 is 0 Å². The van der Waals surface area contributed by atoms with E-state index < -0.39 is 7.60 Å². The molecule has 0 saturated heterocycles. The summed E-state index contributed by atoms with van der Waals surface area (Å²) in [6.45, 7) is 8.41. The maximum absolute atomic E-state index is 13.1. The van der Waals surface area contributed by atoms with Crippen molar-refractivity contribution in [2.24, 2.45) is 4.99 Å². The normalized spacial score (nSPS) is 14.0. The number of rotatable bonds is 9. The van der Waals surface area contributed by atoms with Gasteiger partial charge in [-0.05, 0) is 33.3 Å². The molecule has 118 valence electrons. The summed E-state index contributed by atoms with van der Waals surface area (Å²) >= 11 is 0. The second kappa shape index (κ2) is 9.14. The average Bonchev–Trinajstić information content (AvgIpc) is 2.44. The lowest BCUT2D eigenvalue weighted by Crippen LogP contribution is -2.08. The van der Waals surface area contributed by atoms with Gasteiger partial charge in [-0.25, -0.2) is 0 Å². The molecule has 0 heterocycles. The van der Waals surface area contributed by atoms with E-state index in [1.165, 1.54) is 0 Å². The first-order chi connectivity index (χ1) is 10.0. The van der Waals surface area contributed by atoms with Crippen molar-refractivity contribution in [3.63, 3.8) is 0 Å². The van der Waals surface area contributed by atoms with E-state index in [2.05, 4.69) is 4.99 Å².